The second kappa shape index (κ2) is 22.7. The Hall–Kier alpha value is -0.0400. The highest BCUT2D eigenvalue weighted by atomic mass is 15.1. The van der Waals surface area contributed by atoms with E-state index in [0.717, 1.165) is 17.9 Å². The molecule has 0 N–H and O–H groups in total. The fourth-order valence-electron chi connectivity index (χ4n) is 5.52. The van der Waals surface area contributed by atoms with Crippen LogP contribution in [0.2, 0.25) is 0 Å². The molecule has 0 aliphatic heterocycles. The first-order chi connectivity index (χ1) is 15.2. The van der Waals surface area contributed by atoms with Gasteiger partial charge in [0.1, 0.15) is 0 Å². The molecule has 3 unspecified atom stereocenters. The van der Waals surface area contributed by atoms with Gasteiger partial charge in [0.15, 0.2) is 0 Å². The molecule has 0 bridgehead atoms. The SMILES string of the molecule is C.CCCCCCCCCC(CCCCCCCC1CC1CCCCCCCC)N(C)C. The maximum atomic E-state index is 2.49. The fourth-order valence-corrected chi connectivity index (χ4v) is 5.52. The molecule has 0 spiro atoms. The van der Waals surface area contributed by atoms with E-state index in [4.69, 9.17) is 0 Å². The molecule has 1 rings (SSSR count). The summed E-state index contributed by atoms with van der Waals surface area (Å²) in [4.78, 5) is 2.49. The van der Waals surface area contributed by atoms with Crippen molar-refractivity contribution in [3.05, 3.63) is 0 Å². The number of unbranched alkanes of at least 4 members (excludes halogenated alkanes) is 15. The van der Waals surface area contributed by atoms with Gasteiger partial charge in [0.25, 0.3) is 0 Å². The molecule has 0 aromatic rings. The van der Waals surface area contributed by atoms with Gasteiger partial charge in [0.2, 0.25) is 0 Å². The van der Waals surface area contributed by atoms with Gasteiger partial charge in [-0.05, 0) is 45.2 Å². The molecule has 0 heterocycles. The van der Waals surface area contributed by atoms with Gasteiger partial charge in [0.05, 0.1) is 0 Å². The molecule has 0 saturated heterocycles. The minimum atomic E-state index is 0. The molecular formula is C31H65N. The molecule has 0 radical (unpaired) electrons. The monoisotopic (exact) mass is 452 g/mol. The van der Waals surface area contributed by atoms with Crippen molar-refractivity contribution in [1.29, 1.82) is 0 Å². The van der Waals surface area contributed by atoms with Gasteiger partial charge in [-0.25, -0.2) is 0 Å². The standard InChI is InChI=1S/C30H61N.CH4/c1-5-7-9-11-13-17-21-25-30(31(3)4)26-22-18-14-16-20-24-29-27-28(29)23-19-15-12-10-8-6-2;/h28-30H,5-27H2,1-4H3;1H4. The second-order valence-electron chi connectivity index (χ2n) is 11.2. The van der Waals surface area contributed by atoms with Gasteiger partial charge in [-0.15, -0.1) is 0 Å². The Bertz CT molecular complexity index is 363. The van der Waals surface area contributed by atoms with Crippen LogP contribution in [0.1, 0.15) is 169 Å². The van der Waals surface area contributed by atoms with Crippen LogP contribution in [0.15, 0.2) is 0 Å². The van der Waals surface area contributed by atoms with Crippen LogP contribution in [0.4, 0.5) is 0 Å². The lowest BCUT2D eigenvalue weighted by molar-refractivity contribution is 0.251. The minimum absolute atomic E-state index is 0. The van der Waals surface area contributed by atoms with Crippen molar-refractivity contribution in [2.24, 2.45) is 11.8 Å². The Morgan fingerprint density at radius 3 is 1.25 bits per heavy atom. The van der Waals surface area contributed by atoms with Gasteiger partial charge in [-0.2, -0.15) is 0 Å². The molecule has 0 aromatic carbocycles. The summed E-state index contributed by atoms with van der Waals surface area (Å²) in [6.07, 6.45) is 33.7. The minimum Gasteiger partial charge on any atom is -0.306 e. The predicted octanol–water partition coefficient (Wildman–Crippen LogP) is 10.8. The fraction of sp³-hybridized carbons (Fsp3) is 1.00. The summed E-state index contributed by atoms with van der Waals surface area (Å²) in [6, 6.07) is 0.824. The molecule has 1 aliphatic rings. The molecule has 1 fully saturated rings. The first-order valence-electron chi connectivity index (χ1n) is 14.8. The third-order valence-electron chi connectivity index (χ3n) is 7.98. The van der Waals surface area contributed by atoms with E-state index in [0.29, 0.717) is 0 Å². The van der Waals surface area contributed by atoms with E-state index in [2.05, 4.69) is 32.8 Å². The first kappa shape index (κ1) is 32.0. The zero-order valence-corrected chi connectivity index (χ0v) is 22.4. The summed E-state index contributed by atoms with van der Waals surface area (Å²) in [6.45, 7) is 4.62. The summed E-state index contributed by atoms with van der Waals surface area (Å²) in [5.41, 5.74) is 0. The van der Waals surface area contributed by atoms with Crippen LogP contribution >= 0.6 is 0 Å². The van der Waals surface area contributed by atoms with E-state index >= 15 is 0 Å². The molecule has 3 atom stereocenters. The normalized spacial score (nSPS) is 18.7. The second-order valence-corrected chi connectivity index (χ2v) is 11.2. The van der Waals surface area contributed by atoms with Crippen LogP contribution in [0.3, 0.4) is 0 Å². The Labute approximate surface area is 205 Å². The maximum absolute atomic E-state index is 2.49. The van der Waals surface area contributed by atoms with Crippen LogP contribution in [0, 0.1) is 11.8 Å². The first-order valence-corrected chi connectivity index (χ1v) is 14.8. The van der Waals surface area contributed by atoms with Gasteiger partial charge < -0.3 is 4.90 Å². The van der Waals surface area contributed by atoms with Crippen LogP contribution in [0.25, 0.3) is 0 Å². The molecule has 1 nitrogen and oxygen atoms in total. The van der Waals surface area contributed by atoms with E-state index in [-0.39, 0.29) is 7.43 Å². The topological polar surface area (TPSA) is 3.24 Å². The summed E-state index contributed by atoms with van der Waals surface area (Å²) < 4.78 is 0. The van der Waals surface area contributed by atoms with Crippen molar-refractivity contribution in [2.75, 3.05) is 14.1 Å². The van der Waals surface area contributed by atoms with Gasteiger partial charge in [-0.1, -0.05) is 150 Å². The largest absolute Gasteiger partial charge is 0.306 e. The quantitative estimate of drug-likeness (QED) is 0.132. The molecule has 1 heteroatoms. The van der Waals surface area contributed by atoms with Crippen LogP contribution in [-0.2, 0) is 0 Å². The Balaban J connectivity index is 0.00000961. The van der Waals surface area contributed by atoms with E-state index in [1.54, 1.807) is 19.3 Å². The average molecular weight is 452 g/mol. The van der Waals surface area contributed by atoms with Gasteiger partial charge in [-0.3, -0.25) is 0 Å². The van der Waals surface area contributed by atoms with E-state index < -0.39 is 0 Å². The van der Waals surface area contributed by atoms with E-state index in [1.165, 1.54) is 128 Å². The summed E-state index contributed by atoms with van der Waals surface area (Å²) in [5.74, 6) is 2.24. The Morgan fingerprint density at radius 1 is 0.531 bits per heavy atom. The zero-order valence-electron chi connectivity index (χ0n) is 22.4. The zero-order chi connectivity index (χ0) is 22.6. The molecule has 1 aliphatic carbocycles. The van der Waals surface area contributed by atoms with Crippen LogP contribution in [0.5, 0.6) is 0 Å². The number of nitrogens with zero attached hydrogens (tertiary/aromatic N) is 1. The highest BCUT2D eigenvalue weighted by Crippen LogP contribution is 2.45. The number of hydrogen-bond donors (Lipinski definition) is 0. The lowest BCUT2D eigenvalue weighted by Crippen LogP contribution is -2.27. The molecular weight excluding hydrogens is 386 g/mol. The third kappa shape index (κ3) is 18.4. The van der Waals surface area contributed by atoms with Crippen molar-refractivity contribution < 1.29 is 0 Å². The van der Waals surface area contributed by atoms with E-state index in [1.807, 2.05) is 0 Å². The summed E-state index contributed by atoms with van der Waals surface area (Å²) in [5, 5.41) is 0. The van der Waals surface area contributed by atoms with Crippen LogP contribution < -0.4 is 0 Å². The lowest BCUT2D eigenvalue weighted by atomic mass is 9.99. The van der Waals surface area contributed by atoms with Crippen molar-refractivity contribution in [3.63, 3.8) is 0 Å². The molecule has 194 valence electrons. The highest BCUT2D eigenvalue weighted by molar-refractivity contribution is 4.85. The highest BCUT2D eigenvalue weighted by Gasteiger charge is 2.34. The lowest BCUT2D eigenvalue weighted by Gasteiger charge is -2.24. The molecule has 0 amide bonds. The van der Waals surface area contributed by atoms with Crippen molar-refractivity contribution in [1.82, 2.24) is 4.90 Å². The molecule has 1 saturated carbocycles. The summed E-state index contributed by atoms with van der Waals surface area (Å²) >= 11 is 0. The van der Waals surface area contributed by atoms with E-state index in [9.17, 15) is 0 Å². The number of rotatable bonds is 24. The third-order valence-corrected chi connectivity index (χ3v) is 7.98. The Morgan fingerprint density at radius 2 is 0.875 bits per heavy atom. The maximum Gasteiger partial charge on any atom is 0.00891 e. The molecule has 0 aromatic heterocycles. The molecule has 32 heavy (non-hydrogen) atoms. The predicted molar refractivity (Wildman–Crippen MR) is 149 cm³/mol. The summed E-state index contributed by atoms with van der Waals surface area (Å²) in [7, 11) is 4.59. The van der Waals surface area contributed by atoms with Crippen molar-refractivity contribution in [3.8, 4) is 0 Å². The van der Waals surface area contributed by atoms with Gasteiger partial charge >= 0.3 is 0 Å². The van der Waals surface area contributed by atoms with Crippen molar-refractivity contribution in [2.45, 2.75) is 175 Å². The smallest absolute Gasteiger partial charge is 0.00891 e. The van der Waals surface area contributed by atoms with Crippen LogP contribution in [-0.4, -0.2) is 25.0 Å². The van der Waals surface area contributed by atoms with Crippen molar-refractivity contribution >= 4 is 0 Å². The van der Waals surface area contributed by atoms with Gasteiger partial charge in [0, 0.05) is 6.04 Å². The Kier molecular flexibility index (Phi) is 22.7. The number of hydrogen-bond acceptors (Lipinski definition) is 1. The average Bonchev–Trinajstić information content (AvgIpc) is 3.51.